The number of aromatic nitrogens is 4. The van der Waals surface area contributed by atoms with Gasteiger partial charge in [-0.05, 0) is 0 Å². The van der Waals surface area contributed by atoms with Gasteiger partial charge in [0.2, 0.25) is 5.95 Å². The van der Waals surface area contributed by atoms with Crippen molar-refractivity contribution in [3.8, 4) is 0 Å². The van der Waals surface area contributed by atoms with Crippen LogP contribution in [0.2, 0.25) is 0 Å². The highest BCUT2D eigenvalue weighted by Crippen LogP contribution is 2.15. The minimum atomic E-state index is -0.832. The quantitative estimate of drug-likeness (QED) is 0.502. The summed E-state index contributed by atoms with van der Waals surface area (Å²) in [6, 6.07) is 0. The molecule has 0 aliphatic heterocycles. The van der Waals surface area contributed by atoms with Crippen LogP contribution >= 0.6 is 0 Å². The number of imidazole rings is 1. The number of fused-ring (bicyclic) bond motifs is 1. The number of nitrogens with one attached hydrogen (secondary N) is 1. The van der Waals surface area contributed by atoms with Crippen molar-refractivity contribution in [2.45, 2.75) is 12.6 Å². The van der Waals surface area contributed by atoms with E-state index >= 15 is 0 Å². The zero-order valence-corrected chi connectivity index (χ0v) is 13.4. The molecule has 9 heteroatoms. The van der Waals surface area contributed by atoms with Gasteiger partial charge in [-0.1, -0.05) is 6.08 Å². The van der Waals surface area contributed by atoms with Crippen molar-refractivity contribution in [2.75, 3.05) is 25.6 Å². The van der Waals surface area contributed by atoms with E-state index in [0.717, 1.165) is 4.57 Å². The Balaban J connectivity index is 2.52. The van der Waals surface area contributed by atoms with Gasteiger partial charge in [-0.25, -0.2) is 4.79 Å². The minimum Gasteiger partial charge on any atom is -0.389 e. The van der Waals surface area contributed by atoms with E-state index in [1.807, 2.05) is 0 Å². The van der Waals surface area contributed by atoms with Crippen LogP contribution in [0.4, 0.5) is 5.95 Å². The molecule has 0 saturated heterocycles. The summed E-state index contributed by atoms with van der Waals surface area (Å²) in [7, 11) is 4.61. The van der Waals surface area contributed by atoms with E-state index in [-0.39, 0.29) is 24.3 Å². The molecule has 0 fully saturated rings. The first kappa shape index (κ1) is 17.0. The molecule has 0 saturated carbocycles. The molecule has 0 bridgehead atoms. The first-order valence-corrected chi connectivity index (χ1v) is 7.13. The molecule has 0 amide bonds. The van der Waals surface area contributed by atoms with Crippen molar-refractivity contribution in [2.24, 2.45) is 14.1 Å². The summed E-state index contributed by atoms with van der Waals surface area (Å²) in [4.78, 5) is 28.7. The number of ether oxygens (including phenoxy) is 1. The molecular weight excluding hydrogens is 302 g/mol. The highest BCUT2D eigenvalue weighted by molar-refractivity contribution is 5.74. The number of hydrogen-bond acceptors (Lipinski definition) is 6. The SMILES string of the molecule is C=CCOC[C@H](O)Cn1c(NC)nc2c1c(=O)n(C)c(=O)n2C. The molecule has 2 heterocycles. The second kappa shape index (κ2) is 6.80. The van der Waals surface area contributed by atoms with Crippen LogP contribution in [0.15, 0.2) is 22.2 Å². The Labute approximate surface area is 132 Å². The summed E-state index contributed by atoms with van der Waals surface area (Å²) in [6.07, 6.45) is 0.755. The maximum atomic E-state index is 12.4. The maximum Gasteiger partial charge on any atom is 0.332 e. The summed E-state index contributed by atoms with van der Waals surface area (Å²) in [6.45, 7) is 4.07. The Kier molecular flexibility index (Phi) is 5.02. The second-order valence-electron chi connectivity index (χ2n) is 5.15. The Morgan fingerprint density at radius 1 is 1.39 bits per heavy atom. The van der Waals surface area contributed by atoms with Gasteiger partial charge in [0.15, 0.2) is 11.2 Å². The van der Waals surface area contributed by atoms with Crippen LogP contribution in [0.25, 0.3) is 11.2 Å². The summed E-state index contributed by atoms with van der Waals surface area (Å²) in [5.41, 5.74) is -0.399. The predicted molar refractivity (Wildman–Crippen MR) is 86.8 cm³/mol. The number of anilines is 1. The molecule has 2 aromatic rings. The van der Waals surface area contributed by atoms with E-state index < -0.39 is 17.4 Å². The van der Waals surface area contributed by atoms with Gasteiger partial charge in [0.1, 0.15) is 0 Å². The Hall–Kier alpha value is -2.39. The largest absolute Gasteiger partial charge is 0.389 e. The summed E-state index contributed by atoms with van der Waals surface area (Å²) in [5, 5.41) is 13.0. The van der Waals surface area contributed by atoms with Crippen LogP contribution in [-0.4, -0.2) is 50.2 Å². The van der Waals surface area contributed by atoms with Gasteiger partial charge in [0.25, 0.3) is 5.56 Å². The van der Waals surface area contributed by atoms with Crippen molar-refractivity contribution < 1.29 is 9.84 Å². The fraction of sp³-hybridized carbons (Fsp3) is 0.500. The predicted octanol–water partition coefficient (Wildman–Crippen LogP) is -0.961. The highest BCUT2D eigenvalue weighted by atomic mass is 16.5. The third-order valence-corrected chi connectivity index (χ3v) is 3.51. The normalized spacial score (nSPS) is 12.5. The van der Waals surface area contributed by atoms with Gasteiger partial charge in [0, 0.05) is 21.1 Å². The van der Waals surface area contributed by atoms with E-state index in [0.29, 0.717) is 12.6 Å². The molecule has 0 aromatic carbocycles. The lowest BCUT2D eigenvalue weighted by Gasteiger charge is -2.14. The molecule has 9 nitrogen and oxygen atoms in total. The molecule has 0 radical (unpaired) electrons. The van der Waals surface area contributed by atoms with Crippen LogP contribution in [0.1, 0.15) is 0 Å². The van der Waals surface area contributed by atoms with Gasteiger partial charge in [0.05, 0.1) is 25.9 Å². The Morgan fingerprint density at radius 3 is 2.70 bits per heavy atom. The average Bonchev–Trinajstić information content (AvgIpc) is 2.89. The van der Waals surface area contributed by atoms with E-state index in [1.54, 1.807) is 24.7 Å². The number of hydrogen-bond donors (Lipinski definition) is 2. The first-order chi connectivity index (χ1) is 10.9. The van der Waals surface area contributed by atoms with E-state index in [9.17, 15) is 14.7 Å². The van der Waals surface area contributed by atoms with Crippen LogP contribution in [0, 0.1) is 0 Å². The molecule has 0 aliphatic rings. The zero-order chi connectivity index (χ0) is 17.1. The van der Waals surface area contributed by atoms with Gasteiger partial charge < -0.3 is 19.7 Å². The van der Waals surface area contributed by atoms with Gasteiger partial charge in [-0.3, -0.25) is 13.9 Å². The second-order valence-corrected chi connectivity index (χ2v) is 5.15. The third-order valence-electron chi connectivity index (χ3n) is 3.51. The fourth-order valence-electron chi connectivity index (χ4n) is 2.37. The van der Waals surface area contributed by atoms with Crippen LogP contribution < -0.4 is 16.6 Å². The lowest BCUT2D eigenvalue weighted by Crippen LogP contribution is -2.38. The lowest BCUT2D eigenvalue weighted by molar-refractivity contribution is 0.0405. The summed E-state index contributed by atoms with van der Waals surface area (Å²) >= 11 is 0. The number of rotatable bonds is 7. The molecule has 0 spiro atoms. The van der Waals surface area contributed by atoms with E-state index in [4.69, 9.17) is 4.74 Å². The molecule has 2 rings (SSSR count). The van der Waals surface area contributed by atoms with Crippen molar-refractivity contribution in [1.82, 2.24) is 18.7 Å². The Bertz CT molecular complexity index is 832. The molecule has 2 aromatic heterocycles. The van der Waals surface area contributed by atoms with Crippen LogP contribution in [0.3, 0.4) is 0 Å². The first-order valence-electron chi connectivity index (χ1n) is 7.13. The maximum absolute atomic E-state index is 12.4. The van der Waals surface area contributed by atoms with Crippen LogP contribution in [0.5, 0.6) is 0 Å². The Morgan fingerprint density at radius 2 is 2.09 bits per heavy atom. The third kappa shape index (κ3) is 3.06. The monoisotopic (exact) mass is 323 g/mol. The molecular formula is C14H21N5O4. The van der Waals surface area contributed by atoms with Gasteiger partial charge in [-0.15, -0.1) is 6.58 Å². The van der Waals surface area contributed by atoms with Gasteiger partial charge >= 0.3 is 5.69 Å². The zero-order valence-electron chi connectivity index (χ0n) is 13.4. The number of aliphatic hydroxyl groups is 1. The molecule has 126 valence electrons. The summed E-state index contributed by atoms with van der Waals surface area (Å²) in [5.74, 6) is 0.390. The van der Waals surface area contributed by atoms with E-state index in [1.165, 1.54) is 11.6 Å². The fourth-order valence-corrected chi connectivity index (χ4v) is 2.37. The van der Waals surface area contributed by atoms with Crippen molar-refractivity contribution in [1.29, 1.82) is 0 Å². The lowest BCUT2D eigenvalue weighted by atomic mass is 10.3. The number of aliphatic hydroxyl groups excluding tert-OH is 1. The highest BCUT2D eigenvalue weighted by Gasteiger charge is 2.20. The van der Waals surface area contributed by atoms with Crippen LogP contribution in [-0.2, 0) is 25.4 Å². The molecule has 0 aliphatic carbocycles. The van der Waals surface area contributed by atoms with E-state index in [2.05, 4.69) is 16.9 Å². The van der Waals surface area contributed by atoms with Crippen molar-refractivity contribution in [3.05, 3.63) is 33.5 Å². The smallest absolute Gasteiger partial charge is 0.332 e. The summed E-state index contributed by atoms with van der Waals surface area (Å²) < 4.78 is 9.08. The van der Waals surface area contributed by atoms with Crippen molar-refractivity contribution in [3.63, 3.8) is 0 Å². The number of aryl methyl sites for hydroxylation is 1. The molecule has 23 heavy (non-hydrogen) atoms. The molecule has 1 atom stereocenters. The standard InChI is InChI=1S/C14H21N5O4/c1-5-6-23-8-9(20)7-19-10-11(16-13(19)15-2)17(3)14(22)18(4)12(10)21/h5,9,20H,1,6-8H2,2-4H3,(H,15,16)/t9-/m1/s1. The number of nitrogens with zero attached hydrogens (tertiary/aromatic N) is 4. The topological polar surface area (TPSA) is 103 Å². The average molecular weight is 323 g/mol. The van der Waals surface area contributed by atoms with Gasteiger partial charge in [-0.2, -0.15) is 4.98 Å². The molecule has 2 N–H and O–H groups in total. The minimum absolute atomic E-state index is 0.0981. The van der Waals surface area contributed by atoms with Crippen molar-refractivity contribution >= 4 is 17.1 Å². The molecule has 0 unspecified atom stereocenters.